The van der Waals surface area contributed by atoms with E-state index in [1.165, 1.54) is 0 Å². The van der Waals surface area contributed by atoms with Crippen molar-refractivity contribution in [1.82, 2.24) is 14.5 Å². The van der Waals surface area contributed by atoms with Crippen LogP contribution in [-0.4, -0.2) is 56.5 Å². The molecule has 0 amide bonds. The van der Waals surface area contributed by atoms with Gasteiger partial charge in [0.15, 0.2) is 6.19 Å². The number of rotatable bonds is 9. The molecule has 150 valence electrons. The van der Waals surface area contributed by atoms with E-state index in [0.717, 1.165) is 32.5 Å². The Labute approximate surface area is 179 Å². The second kappa shape index (κ2) is 10.2. The van der Waals surface area contributed by atoms with Gasteiger partial charge in [0.25, 0.3) is 0 Å². The number of likely N-dealkylation sites (tertiary alicyclic amines) is 1. The normalized spacial score (nSPS) is 20.2. The molecule has 0 radical (unpaired) electrons. The van der Waals surface area contributed by atoms with Crippen LogP contribution in [0.4, 0.5) is 0 Å². The maximum absolute atomic E-state index is 12.8. The zero-order valence-electron chi connectivity index (χ0n) is 15.7. The summed E-state index contributed by atoms with van der Waals surface area (Å²) in [6, 6.07) is 4.81. The highest BCUT2D eigenvalue weighted by Gasteiger charge is 2.35. The number of nitriles is 1. The summed E-state index contributed by atoms with van der Waals surface area (Å²) in [5, 5.41) is 9.49. The second-order valence-electron chi connectivity index (χ2n) is 6.84. The third-order valence-corrected chi connectivity index (χ3v) is 7.60. The molecule has 0 spiro atoms. The Bertz CT molecular complexity index is 776. The molecular formula is C18H26Br2N4O2S. The van der Waals surface area contributed by atoms with Gasteiger partial charge >= 0.3 is 0 Å². The summed E-state index contributed by atoms with van der Waals surface area (Å²) >= 11 is 6.63. The van der Waals surface area contributed by atoms with Crippen molar-refractivity contribution in [1.29, 1.82) is 5.26 Å². The lowest BCUT2D eigenvalue weighted by molar-refractivity contribution is 0.209. The molecule has 0 aliphatic carbocycles. The molecule has 1 unspecified atom stereocenters. The maximum Gasteiger partial charge on any atom is 0.242 e. The van der Waals surface area contributed by atoms with E-state index in [9.17, 15) is 13.7 Å². The van der Waals surface area contributed by atoms with Crippen LogP contribution >= 0.6 is 31.9 Å². The average Bonchev–Trinajstić information content (AvgIpc) is 2.98. The van der Waals surface area contributed by atoms with Gasteiger partial charge in [0.2, 0.25) is 10.0 Å². The predicted octanol–water partition coefficient (Wildman–Crippen LogP) is 3.54. The zero-order valence-corrected chi connectivity index (χ0v) is 19.6. The van der Waals surface area contributed by atoms with Gasteiger partial charge in [-0.25, -0.2) is 13.1 Å². The minimum atomic E-state index is -3.68. The average molecular weight is 522 g/mol. The molecule has 1 aliphatic rings. The first-order chi connectivity index (χ1) is 12.8. The van der Waals surface area contributed by atoms with Crippen LogP contribution in [0.1, 0.15) is 33.1 Å². The monoisotopic (exact) mass is 520 g/mol. The Morgan fingerprint density at radius 3 is 2.56 bits per heavy atom. The summed E-state index contributed by atoms with van der Waals surface area (Å²) in [6.07, 6.45) is 4.99. The first-order valence-corrected chi connectivity index (χ1v) is 12.2. The summed E-state index contributed by atoms with van der Waals surface area (Å²) in [5.41, 5.74) is 0. The predicted molar refractivity (Wildman–Crippen MR) is 114 cm³/mol. The minimum absolute atomic E-state index is 0.0340. The third-order valence-electron chi connectivity index (χ3n) is 4.60. The molecule has 1 aliphatic heterocycles. The molecule has 6 nitrogen and oxygen atoms in total. The van der Waals surface area contributed by atoms with E-state index in [-0.39, 0.29) is 17.0 Å². The maximum atomic E-state index is 12.8. The lowest BCUT2D eigenvalue weighted by Crippen LogP contribution is -2.39. The third kappa shape index (κ3) is 6.16. The molecule has 1 fully saturated rings. The first-order valence-electron chi connectivity index (χ1n) is 9.16. The van der Waals surface area contributed by atoms with Gasteiger partial charge in [0, 0.05) is 28.1 Å². The van der Waals surface area contributed by atoms with Crippen LogP contribution < -0.4 is 4.72 Å². The zero-order chi connectivity index (χ0) is 20.0. The molecule has 2 atom stereocenters. The summed E-state index contributed by atoms with van der Waals surface area (Å²) < 4.78 is 29.6. The van der Waals surface area contributed by atoms with Gasteiger partial charge in [-0.15, -0.1) is 0 Å². The van der Waals surface area contributed by atoms with Crippen LogP contribution in [0, 0.1) is 11.5 Å². The Balaban J connectivity index is 2.10. The standard InChI is InChI=1S/C18H26Br2N4O2S/c1-3-7-23(8-4-2)12-16-10-15(11-24(16)13-21)22-27(25,26)18-9-14(19)5-6-17(18)20/h5-6,9,15-16,22H,3-4,7-8,10-12H2,1-2H3/t15-,16?/m1/s1. The molecular weight excluding hydrogens is 496 g/mol. The number of nitrogens with zero attached hydrogens (tertiary/aromatic N) is 3. The molecule has 27 heavy (non-hydrogen) atoms. The van der Waals surface area contributed by atoms with Crippen molar-refractivity contribution in [2.45, 2.75) is 50.1 Å². The fourth-order valence-electron chi connectivity index (χ4n) is 3.49. The van der Waals surface area contributed by atoms with Crippen LogP contribution in [0.25, 0.3) is 0 Å². The van der Waals surface area contributed by atoms with Crippen molar-refractivity contribution in [3.63, 3.8) is 0 Å². The van der Waals surface area contributed by atoms with Crippen molar-refractivity contribution in [3.8, 4) is 6.19 Å². The van der Waals surface area contributed by atoms with E-state index in [0.29, 0.717) is 21.9 Å². The Kier molecular flexibility index (Phi) is 8.56. The molecule has 1 saturated heterocycles. The van der Waals surface area contributed by atoms with E-state index >= 15 is 0 Å². The quantitative estimate of drug-likeness (QED) is 0.503. The van der Waals surface area contributed by atoms with Gasteiger partial charge in [0.05, 0.1) is 10.9 Å². The molecule has 0 aromatic heterocycles. The van der Waals surface area contributed by atoms with Crippen molar-refractivity contribution >= 4 is 41.9 Å². The smallest absolute Gasteiger partial charge is 0.242 e. The number of benzene rings is 1. The van der Waals surface area contributed by atoms with E-state index in [2.05, 4.69) is 61.5 Å². The molecule has 2 rings (SSSR count). The largest absolute Gasteiger partial charge is 0.305 e. The number of hydrogen-bond donors (Lipinski definition) is 1. The number of hydrogen-bond acceptors (Lipinski definition) is 5. The van der Waals surface area contributed by atoms with Gasteiger partial charge in [-0.2, -0.15) is 5.26 Å². The van der Waals surface area contributed by atoms with E-state index in [4.69, 9.17) is 0 Å². The number of halogens is 2. The minimum Gasteiger partial charge on any atom is -0.305 e. The van der Waals surface area contributed by atoms with Crippen LogP contribution in [0.15, 0.2) is 32.0 Å². The highest BCUT2D eigenvalue weighted by Crippen LogP contribution is 2.27. The van der Waals surface area contributed by atoms with Crippen LogP contribution in [0.5, 0.6) is 0 Å². The van der Waals surface area contributed by atoms with Crippen molar-refractivity contribution in [3.05, 3.63) is 27.1 Å². The van der Waals surface area contributed by atoms with Crippen molar-refractivity contribution < 1.29 is 8.42 Å². The summed E-state index contributed by atoms with van der Waals surface area (Å²) in [7, 11) is -3.68. The van der Waals surface area contributed by atoms with Crippen molar-refractivity contribution in [2.75, 3.05) is 26.2 Å². The lowest BCUT2D eigenvalue weighted by Gasteiger charge is -2.27. The highest BCUT2D eigenvalue weighted by atomic mass is 79.9. The molecule has 1 N–H and O–H groups in total. The molecule has 0 bridgehead atoms. The van der Waals surface area contributed by atoms with E-state index in [1.807, 2.05) is 0 Å². The SMILES string of the molecule is CCCN(CCC)CC1C[C@@H](NS(=O)(=O)c2cc(Br)ccc2Br)CN1C#N. The molecule has 0 saturated carbocycles. The summed E-state index contributed by atoms with van der Waals surface area (Å²) in [5.74, 6) is 0. The first kappa shape index (κ1) is 22.6. The van der Waals surface area contributed by atoms with E-state index in [1.54, 1.807) is 23.1 Å². The Hall–Kier alpha value is -0.660. The van der Waals surface area contributed by atoms with Crippen LogP contribution in [0.2, 0.25) is 0 Å². The molecule has 9 heteroatoms. The summed E-state index contributed by atoms with van der Waals surface area (Å²) in [4.78, 5) is 4.26. The molecule has 1 heterocycles. The fourth-order valence-corrected chi connectivity index (χ4v) is 6.23. The Morgan fingerprint density at radius 2 is 1.96 bits per heavy atom. The van der Waals surface area contributed by atoms with Gasteiger partial charge in [0.1, 0.15) is 0 Å². The summed E-state index contributed by atoms with van der Waals surface area (Å²) in [6.45, 7) is 7.46. The van der Waals surface area contributed by atoms with Crippen molar-refractivity contribution in [2.24, 2.45) is 0 Å². The van der Waals surface area contributed by atoms with Crippen LogP contribution in [-0.2, 0) is 10.0 Å². The fraction of sp³-hybridized carbons (Fsp3) is 0.611. The highest BCUT2D eigenvalue weighted by molar-refractivity contribution is 9.11. The Morgan fingerprint density at radius 1 is 1.30 bits per heavy atom. The molecule has 1 aromatic carbocycles. The number of sulfonamides is 1. The van der Waals surface area contributed by atoms with Gasteiger partial charge in [-0.05, 0) is 66.5 Å². The van der Waals surface area contributed by atoms with E-state index < -0.39 is 10.0 Å². The van der Waals surface area contributed by atoms with Gasteiger partial charge in [-0.3, -0.25) is 0 Å². The number of nitrogens with one attached hydrogen (secondary N) is 1. The lowest BCUT2D eigenvalue weighted by atomic mass is 10.1. The molecule has 1 aromatic rings. The second-order valence-corrected chi connectivity index (χ2v) is 10.3. The van der Waals surface area contributed by atoms with Gasteiger partial charge < -0.3 is 9.80 Å². The topological polar surface area (TPSA) is 76.4 Å². The van der Waals surface area contributed by atoms with Crippen LogP contribution in [0.3, 0.4) is 0 Å². The van der Waals surface area contributed by atoms with Gasteiger partial charge in [-0.1, -0.05) is 29.8 Å².